The molecule has 0 saturated carbocycles. The summed E-state index contributed by atoms with van der Waals surface area (Å²) in [5, 5.41) is 13.1. The van der Waals surface area contributed by atoms with Gasteiger partial charge in [-0.3, -0.25) is 15.0 Å². The van der Waals surface area contributed by atoms with E-state index in [9.17, 15) is 13.2 Å². The number of rotatable bonds is 5. The van der Waals surface area contributed by atoms with Crippen molar-refractivity contribution in [3.05, 3.63) is 36.2 Å². The number of aliphatic imine (C=N–C) groups is 1. The van der Waals surface area contributed by atoms with Crippen LogP contribution in [-0.2, 0) is 6.54 Å². The Hall–Kier alpha value is -2.62. The highest BCUT2D eigenvalue weighted by Gasteiger charge is 2.34. The fourth-order valence-electron chi connectivity index (χ4n) is 3.09. The van der Waals surface area contributed by atoms with Crippen LogP contribution in [0.2, 0.25) is 0 Å². The summed E-state index contributed by atoms with van der Waals surface area (Å²) in [5.74, 6) is 1.26. The molecule has 7 nitrogen and oxygen atoms in total. The van der Waals surface area contributed by atoms with Crippen molar-refractivity contribution in [1.82, 2.24) is 30.7 Å². The lowest BCUT2D eigenvalue weighted by Gasteiger charge is -2.20. The molecule has 27 heavy (non-hydrogen) atoms. The normalized spacial score (nSPS) is 18.7. The van der Waals surface area contributed by atoms with Gasteiger partial charge in [-0.15, -0.1) is 0 Å². The number of aromatic nitrogens is 3. The van der Waals surface area contributed by atoms with Gasteiger partial charge in [0, 0.05) is 38.3 Å². The Morgan fingerprint density at radius 2 is 2.26 bits per heavy atom. The third-order valence-corrected chi connectivity index (χ3v) is 4.32. The maximum atomic E-state index is 12.5. The lowest BCUT2D eigenvalue weighted by Crippen LogP contribution is -2.44. The van der Waals surface area contributed by atoms with Gasteiger partial charge in [-0.1, -0.05) is 18.2 Å². The summed E-state index contributed by atoms with van der Waals surface area (Å²) in [6.45, 7) is 0.431. The second-order valence-electron chi connectivity index (χ2n) is 6.44. The van der Waals surface area contributed by atoms with E-state index in [1.165, 1.54) is 11.2 Å². The van der Waals surface area contributed by atoms with Gasteiger partial charge in [-0.05, 0) is 18.1 Å². The second-order valence-corrected chi connectivity index (χ2v) is 6.44. The molecule has 0 spiro atoms. The van der Waals surface area contributed by atoms with Crippen LogP contribution >= 0.6 is 0 Å². The summed E-state index contributed by atoms with van der Waals surface area (Å²) in [5.41, 5.74) is 1.95. The van der Waals surface area contributed by atoms with E-state index in [1.54, 1.807) is 7.05 Å². The van der Waals surface area contributed by atoms with Crippen LogP contribution in [0.5, 0.6) is 0 Å². The fraction of sp³-hybridized carbons (Fsp3) is 0.471. The Kier molecular flexibility index (Phi) is 5.94. The first-order chi connectivity index (χ1) is 12.9. The minimum atomic E-state index is -4.16. The van der Waals surface area contributed by atoms with E-state index in [0.717, 1.165) is 11.1 Å². The molecular formula is C17H22F3N7. The predicted octanol–water partition coefficient (Wildman–Crippen LogP) is 1.77. The monoisotopic (exact) mass is 381 g/mol. The maximum absolute atomic E-state index is 12.5. The molecule has 1 aromatic carbocycles. The molecule has 1 atom stereocenters. The summed E-state index contributed by atoms with van der Waals surface area (Å²) in [6.07, 6.45) is -2.06. The van der Waals surface area contributed by atoms with Gasteiger partial charge in [-0.2, -0.15) is 18.3 Å². The number of benzene rings is 1. The number of hydrogen-bond donors (Lipinski definition) is 3. The molecule has 0 aliphatic carbocycles. The molecule has 10 heteroatoms. The third-order valence-electron chi connectivity index (χ3n) is 4.32. The maximum Gasteiger partial charge on any atom is 0.401 e. The highest BCUT2D eigenvalue weighted by molar-refractivity contribution is 5.80. The first-order valence-corrected chi connectivity index (χ1v) is 8.64. The van der Waals surface area contributed by atoms with E-state index in [1.807, 2.05) is 24.3 Å². The quantitative estimate of drug-likeness (QED) is 0.543. The lowest BCUT2D eigenvalue weighted by molar-refractivity contribution is -0.143. The van der Waals surface area contributed by atoms with E-state index in [2.05, 4.69) is 30.8 Å². The number of likely N-dealkylation sites (tertiary alicyclic amines) is 1. The Labute approximate surface area is 155 Å². The van der Waals surface area contributed by atoms with Crippen molar-refractivity contribution in [2.75, 3.05) is 26.7 Å². The highest BCUT2D eigenvalue weighted by Crippen LogP contribution is 2.20. The molecule has 1 fully saturated rings. The van der Waals surface area contributed by atoms with E-state index in [0.29, 0.717) is 37.8 Å². The van der Waals surface area contributed by atoms with Crippen LogP contribution in [-0.4, -0.2) is 64.9 Å². The summed E-state index contributed by atoms with van der Waals surface area (Å²) in [4.78, 5) is 9.70. The molecule has 0 bridgehead atoms. The van der Waals surface area contributed by atoms with Crippen LogP contribution in [0.4, 0.5) is 13.2 Å². The van der Waals surface area contributed by atoms with Gasteiger partial charge in [0.05, 0.1) is 6.54 Å². The average Bonchev–Trinajstić information content (AvgIpc) is 3.29. The number of halogens is 3. The minimum Gasteiger partial charge on any atom is -0.352 e. The van der Waals surface area contributed by atoms with Crippen molar-refractivity contribution in [2.45, 2.75) is 25.2 Å². The van der Waals surface area contributed by atoms with Crippen LogP contribution in [0.1, 0.15) is 12.0 Å². The molecule has 2 heterocycles. The Bertz CT molecular complexity index is 758. The highest BCUT2D eigenvalue weighted by atomic mass is 19.4. The number of H-pyrrole nitrogens is 1. The molecule has 0 amide bonds. The largest absolute Gasteiger partial charge is 0.401 e. The summed E-state index contributed by atoms with van der Waals surface area (Å²) < 4.78 is 37.5. The van der Waals surface area contributed by atoms with Gasteiger partial charge in [0.1, 0.15) is 6.33 Å². The minimum absolute atomic E-state index is 0.0564. The predicted molar refractivity (Wildman–Crippen MR) is 96.1 cm³/mol. The zero-order valence-electron chi connectivity index (χ0n) is 14.9. The van der Waals surface area contributed by atoms with Crippen LogP contribution in [0.25, 0.3) is 11.4 Å². The average molecular weight is 381 g/mol. The Balaban J connectivity index is 1.51. The van der Waals surface area contributed by atoms with E-state index >= 15 is 0 Å². The van der Waals surface area contributed by atoms with Crippen LogP contribution in [0, 0.1) is 0 Å². The fourth-order valence-corrected chi connectivity index (χ4v) is 3.09. The Morgan fingerprint density at radius 3 is 2.96 bits per heavy atom. The molecule has 2 aromatic rings. The topological polar surface area (TPSA) is 81.2 Å². The van der Waals surface area contributed by atoms with E-state index in [4.69, 9.17) is 0 Å². The van der Waals surface area contributed by atoms with E-state index in [-0.39, 0.29) is 6.04 Å². The van der Waals surface area contributed by atoms with Crippen LogP contribution in [0.15, 0.2) is 35.6 Å². The zero-order chi connectivity index (χ0) is 19.3. The molecule has 1 aromatic heterocycles. The molecule has 1 saturated heterocycles. The Morgan fingerprint density at radius 1 is 1.41 bits per heavy atom. The summed E-state index contributed by atoms with van der Waals surface area (Å²) >= 11 is 0. The number of guanidine groups is 1. The molecule has 3 N–H and O–H groups in total. The molecule has 1 unspecified atom stereocenters. The molecular weight excluding hydrogens is 359 g/mol. The molecule has 3 rings (SSSR count). The molecule has 1 aliphatic rings. The van der Waals surface area contributed by atoms with Gasteiger partial charge in [0.2, 0.25) is 0 Å². The van der Waals surface area contributed by atoms with Crippen molar-refractivity contribution >= 4 is 5.96 Å². The van der Waals surface area contributed by atoms with Crippen LogP contribution < -0.4 is 10.6 Å². The first kappa shape index (κ1) is 19.2. The zero-order valence-corrected chi connectivity index (χ0v) is 14.9. The summed E-state index contributed by atoms with van der Waals surface area (Å²) in [7, 11) is 1.64. The SMILES string of the molecule is CN=C(NCc1cccc(-c2ncn[nH]2)c1)NC1CCN(CC(F)(F)F)C1. The standard InChI is InChI=1S/C17H22F3N7/c1-21-16(25-14-5-6-27(9-14)10-17(18,19)20)22-8-12-3-2-4-13(7-12)15-23-11-24-26-15/h2-4,7,11,14H,5-6,8-10H2,1H3,(H2,21,22,25)(H,23,24,26). The van der Waals surface area contributed by atoms with Crippen molar-refractivity contribution in [1.29, 1.82) is 0 Å². The molecule has 0 radical (unpaired) electrons. The van der Waals surface area contributed by atoms with Crippen molar-refractivity contribution < 1.29 is 13.2 Å². The number of hydrogen-bond acceptors (Lipinski definition) is 4. The van der Waals surface area contributed by atoms with Crippen molar-refractivity contribution in [3.8, 4) is 11.4 Å². The van der Waals surface area contributed by atoms with Crippen molar-refractivity contribution in [2.24, 2.45) is 4.99 Å². The lowest BCUT2D eigenvalue weighted by atomic mass is 10.1. The van der Waals surface area contributed by atoms with Crippen LogP contribution in [0.3, 0.4) is 0 Å². The number of alkyl halides is 3. The number of nitrogens with zero attached hydrogens (tertiary/aromatic N) is 4. The van der Waals surface area contributed by atoms with Gasteiger partial charge in [-0.25, -0.2) is 4.98 Å². The van der Waals surface area contributed by atoms with Gasteiger partial charge in [0.25, 0.3) is 0 Å². The van der Waals surface area contributed by atoms with Gasteiger partial charge >= 0.3 is 6.18 Å². The smallest absolute Gasteiger partial charge is 0.352 e. The molecule has 146 valence electrons. The second kappa shape index (κ2) is 8.38. The third kappa shape index (κ3) is 5.68. The van der Waals surface area contributed by atoms with Gasteiger partial charge in [0.15, 0.2) is 11.8 Å². The molecule has 1 aliphatic heterocycles. The number of aromatic amines is 1. The number of nitrogens with one attached hydrogen (secondary N) is 3. The first-order valence-electron chi connectivity index (χ1n) is 8.64. The van der Waals surface area contributed by atoms with Crippen molar-refractivity contribution in [3.63, 3.8) is 0 Å². The van der Waals surface area contributed by atoms with Gasteiger partial charge < -0.3 is 10.6 Å². The van der Waals surface area contributed by atoms with E-state index < -0.39 is 12.7 Å². The summed E-state index contributed by atoms with van der Waals surface area (Å²) in [6, 6.07) is 7.77.